The highest BCUT2D eigenvalue weighted by molar-refractivity contribution is 6.30. The molecule has 6 rings (SSSR count). The molecule has 0 bridgehead atoms. The molecule has 170 valence electrons. The van der Waals surface area contributed by atoms with Gasteiger partial charge in [0.05, 0.1) is 23.5 Å². The van der Waals surface area contributed by atoms with E-state index in [1.54, 1.807) is 10.9 Å². The normalized spacial score (nSPS) is 12.8. The molecular weight excluding hydrogens is 460 g/mol. The van der Waals surface area contributed by atoms with Crippen molar-refractivity contribution in [2.75, 3.05) is 4.90 Å². The number of amidine groups is 1. The van der Waals surface area contributed by atoms with Gasteiger partial charge in [0.15, 0.2) is 5.82 Å². The lowest BCUT2D eigenvalue weighted by Crippen LogP contribution is -2.35. The number of benzene rings is 3. The minimum absolute atomic E-state index is 0.162. The zero-order valence-corrected chi connectivity index (χ0v) is 19.2. The van der Waals surface area contributed by atoms with Gasteiger partial charge in [-0.25, -0.2) is 19.6 Å². The topological polar surface area (TPSA) is 79.2 Å². The van der Waals surface area contributed by atoms with Crippen LogP contribution in [0.3, 0.4) is 0 Å². The lowest BCUT2D eigenvalue weighted by Gasteiger charge is -2.29. The van der Waals surface area contributed by atoms with Crippen LogP contribution >= 0.6 is 11.6 Å². The number of H-pyrrole nitrogens is 1. The fourth-order valence-electron chi connectivity index (χ4n) is 4.18. The van der Waals surface area contributed by atoms with E-state index in [4.69, 9.17) is 16.6 Å². The van der Waals surface area contributed by atoms with Crippen LogP contribution < -0.4 is 10.5 Å². The zero-order valence-electron chi connectivity index (χ0n) is 18.5. The van der Waals surface area contributed by atoms with Gasteiger partial charge < -0.3 is 4.90 Å². The van der Waals surface area contributed by atoms with Crippen LogP contribution in [0, 0.1) is 0 Å². The van der Waals surface area contributed by atoms with Crippen LogP contribution in [0.25, 0.3) is 16.9 Å². The first-order valence-corrected chi connectivity index (χ1v) is 11.4. The van der Waals surface area contributed by atoms with E-state index in [2.05, 4.69) is 15.1 Å². The molecule has 0 aliphatic carbocycles. The Labute approximate surface area is 206 Å². The molecular formula is C27H19ClN6O. The second-order valence-corrected chi connectivity index (χ2v) is 8.52. The number of aromatic amines is 1. The summed E-state index contributed by atoms with van der Waals surface area (Å²) >= 11 is 6.14. The van der Waals surface area contributed by atoms with Gasteiger partial charge in [-0.2, -0.15) is 0 Å². The third kappa shape index (κ3) is 3.92. The quantitative estimate of drug-likeness (QED) is 0.376. The summed E-state index contributed by atoms with van der Waals surface area (Å²) in [4.78, 5) is 28.3. The molecule has 1 N–H and O–H groups in total. The molecule has 1 aliphatic heterocycles. The van der Waals surface area contributed by atoms with Gasteiger partial charge in [-0.3, -0.25) is 9.89 Å². The Balaban J connectivity index is 1.50. The molecule has 0 radical (unpaired) electrons. The van der Waals surface area contributed by atoms with Gasteiger partial charge in [0, 0.05) is 28.0 Å². The van der Waals surface area contributed by atoms with Crippen LogP contribution in [0.1, 0.15) is 11.1 Å². The summed E-state index contributed by atoms with van der Waals surface area (Å²) in [5.74, 6) is 1.33. The number of para-hydroxylation sites is 1. The number of nitrogens with zero attached hydrogens (tertiary/aromatic N) is 5. The van der Waals surface area contributed by atoms with Crippen molar-refractivity contribution in [2.24, 2.45) is 4.99 Å². The molecule has 0 fully saturated rings. The fourth-order valence-corrected chi connectivity index (χ4v) is 4.31. The first kappa shape index (κ1) is 21.1. The molecule has 0 amide bonds. The molecule has 5 aromatic rings. The zero-order chi connectivity index (χ0) is 23.8. The number of anilines is 1. The van der Waals surface area contributed by atoms with E-state index in [0.29, 0.717) is 22.9 Å². The van der Waals surface area contributed by atoms with E-state index >= 15 is 0 Å². The molecule has 2 aromatic heterocycles. The van der Waals surface area contributed by atoms with Crippen molar-refractivity contribution in [3.8, 4) is 16.9 Å². The van der Waals surface area contributed by atoms with Gasteiger partial charge in [0.25, 0.3) is 5.56 Å². The van der Waals surface area contributed by atoms with Gasteiger partial charge in [0.1, 0.15) is 12.2 Å². The van der Waals surface area contributed by atoms with E-state index in [1.165, 1.54) is 6.33 Å². The number of aromatic nitrogens is 4. The summed E-state index contributed by atoms with van der Waals surface area (Å²) < 4.78 is 1.74. The van der Waals surface area contributed by atoms with Crippen LogP contribution in [-0.2, 0) is 6.54 Å². The number of rotatable bonds is 4. The Morgan fingerprint density at radius 1 is 0.829 bits per heavy atom. The van der Waals surface area contributed by atoms with Crippen molar-refractivity contribution in [3.63, 3.8) is 0 Å². The molecule has 1 aliphatic rings. The fraction of sp³-hybridized carbons (Fsp3) is 0.0370. The average molecular weight is 479 g/mol. The van der Waals surface area contributed by atoms with Crippen LogP contribution in [0.4, 0.5) is 11.5 Å². The maximum atomic E-state index is 12.9. The Kier molecular flexibility index (Phi) is 5.24. The summed E-state index contributed by atoms with van der Waals surface area (Å²) in [5, 5.41) is 3.59. The molecule has 3 aromatic carbocycles. The van der Waals surface area contributed by atoms with Crippen molar-refractivity contribution >= 4 is 28.9 Å². The van der Waals surface area contributed by atoms with E-state index in [9.17, 15) is 4.79 Å². The molecule has 0 saturated carbocycles. The number of fused-ring (bicyclic) bond motifs is 1. The van der Waals surface area contributed by atoms with Crippen molar-refractivity contribution in [1.82, 2.24) is 19.7 Å². The lowest BCUT2D eigenvalue weighted by molar-refractivity contribution is 0.862. The predicted molar refractivity (Wildman–Crippen MR) is 138 cm³/mol. The van der Waals surface area contributed by atoms with Crippen molar-refractivity contribution in [1.29, 1.82) is 0 Å². The molecule has 3 heterocycles. The molecule has 0 saturated heterocycles. The molecule has 0 atom stereocenters. The van der Waals surface area contributed by atoms with Gasteiger partial charge in [-0.05, 0) is 42.5 Å². The van der Waals surface area contributed by atoms with Gasteiger partial charge in [0.2, 0.25) is 0 Å². The summed E-state index contributed by atoms with van der Waals surface area (Å²) in [7, 11) is 0. The Morgan fingerprint density at radius 3 is 2.29 bits per heavy atom. The summed E-state index contributed by atoms with van der Waals surface area (Å²) in [6.45, 7) is 0.374. The number of halogens is 1. The number of hydrogen-bond acceptors (Lipinski definition) is 5. The third-order valence-corrected chi connectivity index (χ3v) is 6.18. The monoisotopic (exact) mass is 478 g/mol. The first-order valence-electron chi connectivity index (χ1n) is 11.1. The Bertz CT molecular complexity index is 1570. The number of aliphatic imine (C=N–C) groups is 1. The maximum absolute atomic E-state index is 12.9. The van der Waals surface area contributed by atoms with Crippen molar-refractivity contribution < 1.29 is 0 Å². The molecule has 35 heavy (non-hydrogen) atoms. The largest absolute Gasteiger partial charge is 0.321 e. The van der Waals surface area contributed by atoms with Crippen LogP contribution in [0.2, 0.25) is 5.02 Å². The van der Waals surface area contributed by atoms with Crippen molar-refractivity contribution in [2.45, 2.75) is 6.54 Å². The smallest absolute Gasteiger partial charge is 0.271 e. The highest BCUT2D eigenvalue weighted by atomic mass is 35.5. The maximum Gasteiger partial charge on any atom is 0.271 e. The predicted octanol–water partition coefficient (Wildman–Crippen LogP) is 5.37. The highest BCUT2D eigenvalue weighted by Gasteiger charge is 2.28. The van der Waals surface area contributed by atoms with Crippen LogP contribution in [0.15, 0.2) is 107 Å². The van der Waals surface area contributed by atoms with Gasteiger partial charge in [-0.15, -0.1) is 0 Å². The number of nitrogens with one attached hydrogen (secondary N) is 1. The molecule has 0 unspecified atom stereocenters. The second-order valence-electron chi connectivity index (χ2n) is 8.08. The summed E-state index contributed by atoms with van der Waals surface area (Å²) in [6, 6.07) is 27.1. The standard InChI is InChI=1S/C27H19ClN6O/c28-20-10-12-21(13-11-20)33-16-23-26(34(32-27(23)35)22-4-2-1-3-5-22)31-25(33)19-8-6-18(7-9-19)24-14-15-29-17-30-24/h1-15,17H,16H2,(H,32,35). The lowest BCUT2D eigenvalue weighted by atomic mass is 10.1. The Hall–Kier alpha value is -4.49. The molecule has 8 heteroatoms. The van der Waals surface area contributed by atoms with Gasteiger partial charge in [-0.1, -0.05) is 54.1 Å². The molecule has 0 spiro atoms. The second kappa shape index (κ2) is 8.70. The SMILES string of the molecule is O=c1[nH]n(-c2ccccc2)c2c1CN(c1ccc(Cl)cc1)C(c1ccc(-c3ccncn3)cc1)=N2. The first-order chi connectivity index (χ1) is 17.2. The van der Waals surface area contributed by atoms with Crippen LogP contribution in [-0.4, -0.2) is 25.6 Å². The van der Waals surface area contributed by atoms with Gasteiger partial charge >= 0.3 is 0 Å². The van der Waals surface area contributed by atoms with Crippen molar-refractivity contribution in [3.05, 3.63) is 124 Å². The van der Waals surface area contributed by atoms with E-state index in [1.807, 2.05) is 89.8 Å². The summed E-state index contributed by atoms with van der Waals surface area (Å²) in [6.07, 6.45) is 3.26. The highest BCUT2D eigenvalue weighted by Crippen LogP contribution is 2.32. The third-order valence-electron chi connectivity index (χ3n) is 5.93. The average Bonchev–Trinajstić information content (AvgIpc) is 3.25. The minimum Gasteiger partial charge on any atom is -0.321 e. The van der Waals surface area contributed by atoms with E-state index in [-0.39, 0.29) is 5.56 Å². The summed E-state index contributed by atoms with van der Waals surface area (Å²) in [5.41, 5.74) is 4.91. The Morgan fingerprint density at radius 2 is 1.57 bits per heavy atom. The number of hydrogen-bond donors (Lipinski definition) is 1. The molecule has 7 nitrogen and oxygen atoms in total. The van der Waals surface area contributed by atoms with E-state index < -0.39 is 0 Å². The van der Waals surface area contributed by atoms with E-state index in [0.717, 1.165) is 34.0 Å². The minimum atomic E-state index is -0.162. The van der Waals surface area contributed by atoms with Crippen LogP contribution in [0.5, 0.6) is 0 Å².